The van der Waals surface area contributed by atoms with E-state index in [4.69, 9.17) is 5.73 Å². The molecular formula is C20H13F2N5O. The Hall–Kier alpha value is -3.81. The van der Waals surface area contributed by atoms with Crippen LogP contribution < -0.4 is 11.3 Å². The van der Waals surface area contributed by atoms with Gasteiger partial charge in [-0.25, -0.2) is 8.78 Å². The van der Waals surface area contributed by atoms with Crippen molar-refractivity contribution in [1.82, 2.24) is 20.2 Å². The van der Waals surface area contributed by atoms with E-state index in [0.29, 0.717) is 27.4 Å². The molecule has 0 atom stereocenters. The summed E-state index contributed by atoms with van der Waals surface area (Å²) < 4.78 is 28.4. The molecule has 5 aromatic rings. The maximum Gasteiger partial charge on any atom is 0.272 e. The van der Waals surface area contributed by atoms with Gasteiger partial charge in [0, 0.05) is 27.9 Å². The summed E-state index contributed by atoms with van der Waals surface area (Å²) >= 11 is 0. The van der Waals surface area contributed by atoms with Crippen molar-refractivity contribution in [1.29, 1.82) is 0 Å². The van der Waals surface area contributed by atoms with Crippen LogP contribution in [-0.2, 0) is 0 Å². The highest BCUT2D eigenvalue weighted by molar-refractivity contribution is 6.14. The van der Waals surface area contributed by atoms with E-state index in [1.165, 1.54) is 6.20 Å². The van der Waals surface area contributed by atoms with Gasteiger partial charge in [-0.1, -0.05) is 0 Å². The standard InChI is InChI=1S/C20H13F2N5O/c1-8-5-11-14(10-6-13(21)15(22)19-12(10)7-25-27-19)16(23)20(28)26-18(11)9-3-2-4-24-17(8)9/h2-7H,23H2,1H3,(H,25,27)(H,26,28). The molecule has 0 aliphatic carbocycles. The molecule has 0 saturated heterocycles. The highest BCUT2D eigenvalue weighted by atomic mass is 19.2. The lowest BCUT2D eigenvalue weighted by molar-refractivity contribution is 0.515. The predicted octanol–water partition coefficient (Wildman–Crippen LogP) is 3.79. The lowest BCUT2D eigenvalue weighted by Gasteiger charge is -2.14. The highest BCUT2D eigenvalue weighted by Gasteiger charge is 2.21. The molecule has 0 aliphatic heterocycles. The van der Waals surface area contributed by atoms with Gasteiger partial charge in [-0.3, -0.25) is 14.9 Å². The Balaban J connectivity index is 2.04. The van der Waals surface area contributed by atoms with Crippen LogP contribution in [0.25, 0.3) is 43.8 Å². The summed E-state index contributed by atoms with van der Waals surface area (Å²) in [6, 6.07) is 6.48. The van der Waals surface area contributed by atoms with Gasteiger partial charge in [-0.2, -0.15) is 5.10 Å². The molecule has 0 fully saturated rings. The van der Waals surface area contributed by atoms with Gasteiger partial charge in [0.25, 0.3) is 5.56 Å². The summed E-state index contributed by atoms with van der Waals surface area (Å²) in [5.41, 5.74) is 8.19. The number of aryl methyl sites for hydroxylation is 1. The third-order valence-corrected chi connectivity index (χ3v) is 5.00. The number of anilines is 1. The minimum Gasteiger partial charge on any atom is -0.394 e. The summed E-state index contributed by atoms with van der Waals surface area (Å²) in [6.45, 7) is 1.89. The first-order valence-corrected chi connectivity index (χ1v) is 8.48. The fraction of sp³-hybridized carbons (Fsp3) is 0.0500. The molecular weight excluding hydrogens is 364 g/mol. The summed E-state index contributed by atoms with van der Waals surface area (Å²) in [5.74, 6) is -2.09. The monoisotopic (exact) mass is 377 g/mol. The average molecular weight is 377 g/mol. The third-order valence-electron chi connectivity index (χ3n) is 5.00. The number of fused-ring (bicyclic) bond motifs is 4. The van der Waals surface area contributed by atoms with E-state index in [1.54, 1.807) is 12.3 Å². The minimum atomic E-state index is -1.06. The molecule has 8 heteroatoms. The number of nitrogen functional groups attached to an aromatic ring is 1. The molecule has 0 unspecified atom stereocenters. The molecule has 0 amide bonds. The Bertz CT molecular complexity index is 1490. The third kappa shape index (κ3) is 2.08. The Morgan fingerprint density at radius 1 is 1.11 bits per heavy atom. The molecule has 2 aromatic carbocycles. The largest absolute Gasteiger partial charge is 0.394 e. The second-order valence-corrected chi connectivity index (χ2v) is 6.64. The zero-order valence-corrected chi connectivity index (χ0v) is 14.6. The summed E-state index contributed by atoms with van der Waals surface area (Å²) in [5, 5.41) is 7.97. The van der Waals surface area contributed by atoms with Gasteiger partial charge in [0.05, 0.1) is 17.2 Å². The number of H-pyrrole nitrogens is 2. The fourth-order valence-electron chi connectivity index (χ4n) is 3.74. The van der Waals surface area contributed by atoms with Crippen molar-refractivity contribution in [3.8, 4) is 11.1 Å². The Morgan fingerprint density at radius 3 is 2.75 bits per heavy atom. The van der Waals surface area contributed by atoms with Gasteiger partial charge < -0.3 is 10.7 Å². The molecule has 3 heterocycles. The van der Waals surface area contributed by atoms with Crippen molar-refractivity contribution in [2.24, 2.45) is 0 Å². The number of nitrogens with one attached hydrogen (secondary N) is 2. The predicted molar refractivity (Wildman–Crippen MR) is 104 cm³/mol. The average Bonchev–Trinajstić information content (AvgIpc) is 3.18. The summed E-state index contributed by atoms with van der Waals surface area (Å²) in [6.07, 6.45) is 3.05. The quantitative estimate of drug-likeness (QED) is 0.387. The molecule has 0 radical (unpaired) electrons. The number of aromatic amines is 2. The van der Waals surface area contributed by atoms with Crippen LogP contribution in [0.15, 0.2) is 41.5 Å². The van der Waals surface area contributed by atoms with Crippen LogP contribution in [0.2, 0.25) is 0 Å². The Morgan fingerprint density at radius 2 is 1.93 bits per heavy atom. The molecule has 6 nitrogen and oxygen atoms in total. The molecule has 0 saturated carbocycles. The van der Waals surface area contributed by atoms with Crippen LogP contribution in [-0.4, -0.2) is 20.2 Å². The smallest absolute Gasteiger partial charge is 0.272 e. The van der Waals surface area contributed by atoms with E-state index in [-0.39, 0.29) is 11.2 Å². The number of nitrogens with two attached hydrogens (primary N) is 1. The second kappa shape index (κ2) is 5.59. The number of benzene rings is 2. The van der Waals surface area contributed by atoms with E-state index in [9.17, 15) is 13.6 Å². The molecule has 3 aromatic heterocycles. The Labute approximate surface area is 156 Å². The highest BCUT2D eigenvalue weighted by Crippen LogP contribution is 2.39. The maximum atomic E-state index is 14.3. The van der Waals surface area contributed by atoms with Crippen LogP contribution in [0.1, 0.15) is 5.56 Å². The van der Waals surface area contributed by atoms with E-state index in [0.717, 1.165) is 22.5 Å². The van der Waals surface area contributed by atoms with E-state index < -0.39 is 17.2 Å². The lowest BCUT2D eigenvalue weighted by atomic mass is 9.94. The Kier molecular flexibility index (Phi) is 3.27. The van der Waals surface area contributed by atoms with Crippen LogP contribution in [0, 0.1) is 18.6 Å². The molecule has 0 bridgehead atoms. The van der Waals surface area contributed by atoms with Crippen LogP contribution in [0.3, 0.4) is 0 Å². The van der Waals surface area contributed by atoms with E-state index in [1.807, 2.05) is 19.1 Å². The number of hydrogen-bond donors (Lipinski definition) is 3. The number of aromatic nitrogens is 4. The summed E-state index contributed by atoms with van der Waals surface area (Å²) in [4.78, 5) is 19.8. The second-order valence-electron chi connectivity index (χ2n) is 6.64. The lowest BCUT2D eigenvalue weighted by Crippen LogP contribution is -2.14. The number of hydrogen-bond acceptors (Lipinski definition) is 4. The number of pyridine rings is 2. The van der Waals surface area contributed by atoms with Crippen LogP contribution in [0.4, 0.5) is 14.5 Å². The van der Waals surface area contributed by atoms with E-state index >= 15 is 0 Å². The van der Waals surface area contributed by atoms with Crippen molar-refractivity contribution in [3.63, 3.8) is 0 Å². The fourth-order valence-corrected chi connectivity index (χ4v) is 3.74. The van der Waals surface area contributed by atoms with Gasteiger partial charge in [-0.05, 0) is 42.3 Å². The van der Waals surface area contributed by atoms with Crippen molar-refractivity contribution >= 4 is 38.4 Å². The number of halogens is 2. The zero-order chi connectivity index (χ0) is 19.6. The SMILES string of the molecule is Cc1cc2c(-c3cc(F)c(F)c4[nH]ncc34)c(N)c(=O)[nH]c2c2cccnc12. The topological polar surface area (TPSA) is 100 Å². The minimum absolute atomic E-state index is 0.0800. The van der Waals surface area contributed by atoms with Gasteiger partial charge in [0.1, 0.15) is 11.2 Å². The molecule has 4 N–H and O–H groups in total. The zero-order valence-electron chi connectivity index (χ0n) is 14.6. The van der Waals surface area contributed by atoms with Crippen molar-refractivity contribution in [2.45, 2.75) is 6.92 Å². The molecule has 5 rings (SSSR count). The van der Waals surface area contributed by atoms with Crippen molar-refractivity contribution < 1.29 is 8.78 Å². The van der Waals surface area contributed by atoms with Gasteiger partial charge >= 0.3 is 0 Å². The maximum absolute atomic E-state index is 14.3. The number of rotatable bonds is 1. The molecule has 0 spiro atoms. The molecule has 138 valence electrons. The normalized spacial score (nSPS) is 11.7. The first kappa shape index (κ1) is 16.4. The first-order valence-electron chi connectivity index (χ1n) is 8.48. The van der Waals surface area contributed by atoms with Crippen molar-refractivity contribution in [2.75, 3.05) is 5.73 Å². The number of nitrogens with zero attached hydrogens (tertiary/aromatic N) is 2. The summed E-state index contributed by atoms with van der Waals surface area (Å²) in [7, 11) is 0. The van der Waals surface area contributed by atoms with Gasteiger partial charge in [-0.15, -0.1) is 0 Å². The first-order chi connectivity index (χ1) is 13.5. The van der Waals surface area contributed by atoms with Crippen molar-refractivity contribution in [3.05, 3.63) is 64.2 Å². The van der Waals surface area contributed by atoms with E-state index in [2.05, 4.69) is 20.2 Å². The van der Waals surface area contributed by atoms with Crippen LogP contribution >= 0.6 is 0 Å². The van der Waals surface area contributed by atoms with Crippen LogP contribution in [0.5, 0.6) is 0 Å². The van der Waals surface area contributed by atoms with Gasteiger partial charge in [0.2, 0.25) is 0 Å². The van der Waals surface area contributed by atoms with Gasteiger partial charge in [0.15, 0.2) is 11.6 Å². The molecule has 0 aliphatic rings. The molecule has 28 heavy (non-hydrogen) atoms.